The van der Waals surface area contributed by atoms with Crippen molar-refractivity contribution in [2.24, 2.45) is 11.7 Å². The van der Waals surface area contributed by atoms with E-state index in [-0.39, 0.29) is 11.8 Å². The molecule has 1 aromatic rings. The van der Waals surface area contributed by atoms with Gasteiger partial charge in [0.25, 0.3) is 0 Å². The summed E-state index contributed by atoms with van der Waals surface area (Å²) >= 11 is 0. The number of hydrogen-bond acceptors (Lipinski definition) is 3. The van der Waals surface area contributed by atoms with Crippen LogP contribution in [0.1, 0.15) is 19.5 Å². The quantitative estimate of drug-likeness (QED) is 0.663. The number of carbonyl (C=O) groups excluding carboxylic acids is 1. The average Bonchev–Trinajstić information content (AvgIpc) is 2.49. The molecule has 1 rings (SSSR count). The van der Waals surface area contributed by atoms with E-state index >= 15 is 0 Å². The Labute approximate surface area is 83.1 Å². The van der Waals surface area contributed by atoms with E-state index in [9.17, 15) is 4.79 Å². The Bertz CT molecular complexity index is 318. The minimum Gasteiger partial charge on any atom is -0.320 e. The molecular weight excluding hydrogens is 180 g/mol. The predicted octanol–water partition coefficient (Wildman–Crippen LogP) is 0.640. The van der Waals surface area contributed by atoms with Crippen LogP contribution < -0.4 is 11.1 Å². The van der Waals surface area contributed by atoms with Gasteiger partial charge in [-0.2, -0.15) is 5.10 Å². The van der Waals surface area contributed by atoms with E-state index in [1.807, 2.05) is 20.8 Å². The number of nitrogens with two attached hydrogens (primary N) is 1. The number of amides is 1. The van der Waals surface area contributed by atoms with Crippen molar-refractivity contribution in [3.8, 4) is 0 Å². The van der Waals surface area contributed by atoms with E-state index in [2.05, 4.69) is 15.5 Å². The average molecular weight is 196 g/mol. The molecule has 1 atom stereocenters. The monoisotopic (exact) mass is 196 g/mol. The maximum Gasteiger partial charge on any atom is 0.242 e. The fraction of sp³-hybridized carbons (Fsp3) is 0.556. The molecule has 0 saturated heterocycles. The number of nitrogens with zero attached hydrogens (tertiary/aromatic N) is 1. The lowest BCUT2D eigenvalue weighted by Gasteiger charge is -2.13. The first-order valence-electron chi connectivity index (χ1n) is 4.59. The van der Waals surface area contributed by atoms with Crippen molar-refractivity contribution < 1.29 is 4.79 Å². The third-order valence-corrected chi connectivity index (χ3v) is 1.98. The van der Waals surface area contributed by atoms with Crippen molar-refractivity contribution in [2.45, 2.75) is 26.8 Å². The van der Waals surface area contributed by atoms with Gasteiger partial charge in [0.2, 0.25) is 5.91 Å². The molecule has 14 heavy (non-hydrogen) atoms. The molecule has 0 unspecified atom stereocenters. The molecule has 5 heteroatoms. The lowest BCUT2D eigenvalue weighted by molar-refractivity contribution is -0.118. The van der Waals surface area contributed by atoms with Crippen molar-refractivity contribution in [1.29, 1.82) is 0 Å². The summed E-state index contributed by atoms with van der Waals surface area (Å²) in [6.45, 7) is 5.67. The van der Waals surface area contributed by atoms with Gasteiger partial charge in [-0.1, -0.05) is 13.8 Å². The Kier molecular flexibility index (Phi) is 3.24. The molecule has 0 aliphatic heterocycles. The topological polar surface area (TPSA) is 83.8 Å². The van der Waals surface area contributed by atoms with Gasteiger partial charge in [0.15, 0.2) is 5.82 Å². The van der Waals surface area contributed by atoms with E-state index in [0.717, 1.165) is 5.69 Å². The number of rotatable bonds is 3. The third-order valence-electron chi connectivity index (χ3n) is 1.98. The standard InChI is InChI=1S/C9H16N4O/c1-5(2)8(10)9(14)11-7-4-6(3)12-13-7/h4-5,8H,10H2,1-3H3,(H2,11,12,13,14)/t8-/m0/s1. The second kappa shape index (κ2) is 4.23. The van der Waals surface area contributed by atoms with Gasteiger partial charge < -0.3 is 11.1 Å². The van der Waals surface area contributed by atoms with Crippen molar-refractivity contribution in [3.05, 3.63) is 11.8 Å². The highest BCUT2D eigenvalue weighted by molar-refractivity contribution is 5.94. The summed E-state index contributed by atoms with van der Waals surface area (Å²) in [7, 11) is 0. The molecule has 0 aromatic carbocycles. The number of aromatic nitrogens is 2. The summed E-state index contributed by atoms with van der Waals surface area (Å²) in [6, 6.07) is 1.26. The molecule has 0 spiro atoms. The fourth-order valence-corrected chi connectivity index (χ4v) is 0.994. The Morgan fingerprint density at radius 1 is 1.64 bits per heavy atom. The molecule has 4 N–H and O–H groups in total. The zero-order valence-corrected chi connectivity index (χ0v) is 8.66. The summed E-state index contributed by atoms with van der Waals surface area (Å²) in [6.07, 6.45) is 0. The minimum atomic E-state index is -0.494. The Balaban J connectivity index is 2.57. The molecule has 1 heterocycles. The Morgan fingerprint density at radius 2 is 2.29 bits per heavy atom. The Hall–Kier alpha value is -1.36. The number of anilines is 1. The molecule has 0 bridgehead atoms. The summed E-state index contributed by atoms with van der Waals surface area (Å²) in [4.78, 5) is 11.5. The largest absolute Gasteiger partial charge is 0.320 e. The zero-order chi connectivity index (χ0) is 10.7. The van der Waals surface area contributed by atoms with Crippen molar-refractivity contribution in [1.82, 2.24) is 10.2 Å². The second-order valence-corrected chi connectivity index (χ2v) is 3.70. The van der Waals surface area contributed by atoms with Gasteiger partial charge in [-0.3, -0.25) is 9.89 Å². The molecule has 0 fully saturated rings. The highest BCUT2D eigenvalue weighted by atomic mass is 16.2. The number of nitrogens with one attached hydrogen (secondary N) is 2. The minimum absolute atomic E-state index is 0.120. The van der Waals surface area contributed by atoms with E-state index < -0.39 is 6.04 Å². The smallest absolute Gasteiger partial charge is 0.242 e. The fourth-order valence-electron chi connectivity index (χ4n) is 0.994. The molecule has 0 radical (unpaired) electrons. The summed E-state index contributed by atoms with van der Waals surface area (Å²) in [5.41, 5.74) is 6.57. The lowest BCUT2D eigenvalue weighted by atomic mass is 10.1. The van der Waals surface area contributed by atoms with Crippen LogP contribution in [0.4, 0.5) is 5.82 Å². The first kappa shape index (κ1) is 10.7. The number of aryl methyl sites for hydroxylation is 1. The van der Waals surface area contributed by atoms with Crippen molar-refractivity contribution in [2.75, 3.05) is 5.32 Å². The van der Waals surface area contributed by atoms with E-state index in [1.165, 1.54) is 0 Å². The first-order chi connectivity index (χ1) is 6.50. The highest BCUT2D eigenvalue weighted by Crippen LogP contribution is 2.06. The molecule has 78 valence electrons. The van der Waals surface area contributed by atoms with Gasteiger partial charge in [-0.25, -0.2) is 0 Å². The van der Waals surface area contributed by atoms with Crippen LogP contribution in [0.5, 0.6) is 0 Å². The van der Waals surface area contributed by atoms with Crippen LogP contribution in [0.15, 0.2) is 6.07 Å². The van der Waals surface area contributed by atoms with Crippen LogP contribution in [-0.2, 0) is 4.79 Å². The van der Waals surface area contributed by atoms with E-state index in [1.54, 1.807) is 6.07 Å². The maximum atomic E-state index is 11.5. The van der Waals surface area contributed by atoms with Crippen LogP contribution >= 0.6 is 0 Å². The van der Waals surface area contributed by atoms with Gasteiger partial charge in [0.1, 0.15) is 0 Å². The van der Waals surface area contributed by atoms with Crippen LogP contribution in [0.25, 0.3) is 0 Å². The van der Waals surface area contributed by atoms with Crippen LogP contribution in [-0.4, -0.2) is 22.1 Å². The molecule has 1 amide bonds. The molecule has 0 aliphatic rings. The first-order valence-corrected chi connectivity index (χ1v) is 4.59. The van der Waals surface area contributed by atoms with E-state index in [4.69, 9.17) is 5.73 Å². The predicted molar refractivity (Wildman–Crippen MR) is 54.8 cm³/mol. The molecule has 1 aromatic heterocycles. The number of aromatic amines is 1. The number of hydrogen-bond donors (Lipinski definition) is 3. The summed E-state index contributed by atoms with van der Waals surface area (Å²) in [5.74, 6) is 0.435. The normalized spacial score (nSPS) is 12.9. The van der Waals surface area contributed by atoms with Gasteiger partial charge in [0, 0.05) is 11.8 Å². The number of H-pyrrole nitrogens is 1. The van der Waals surface area contributed by atoms with Gasteiger partial charge >= 0.3 is 0 Å². The molecule has 5 nitrogen and oxygen atoms in total. The zero-order valence-electron chi connectivity index (χ0n) is 8.66. The van der Waals surface area contributed by atoms with E-state index in [0.29, 0.717) is 5.82 Å². The van der Waals surface area contributed by atoms with Gasteiger partial charge in [-0.05, 0) is 12.8 Å². The van der Waals surface area contributed by atoms with Gasteiger partial charge in [-0.15, -0.1) is 0 Å². The molecule has 0 saturated carbocycles. The maximum absolute atomic E-state index is 11.5. The highest BCUT2D eigenvalue weighted by Gasteiger charge is 2.17. The van der Waals surface area contributed by atoms with Crippen LogP contribution in [0.2, 0.25) is 0 Å². The van der Waals surface area contributed by atoms with Gasteiger partial charge in [0.05, 0.1) is 6.04 Å². The van der Waals surface area contributed by atoms with Crippen molar-refractivity contribution in [3.63, 3.8) is 0 Å². The second-order valence-electron chi connectivity index (χ2n) is 3.70. The number of carbonyl (C=O) groups is 1. The van der Waals surface area contributed by atoms with Crippen molar-refractivity contribution >= 4 is 11.7 Å². The summed E-state index contributed by atoms with van der Waals surface area (Å²) in [5, 5.41) is 9.26. The molecule has 0 aliphatic carbocycles. The molecular formula is C9H16N4O. The SMILES string of the molecule is Cc1cc(NC(=O)[C@@H](N)C(C)C)n[nH]1. The van der Waals surface area contributed by atoms with Crippen LogP contribution in [0, 0.1) is 12.8 Å². The summed E-state index contributed by atoms with van der Waals surface area (Å²) < 4.78 is 0. The lowest BCUT2D eigenvalue weighted by Crippen LogP contribution is -2.39. The third kappa shape index (κ3) is 2.56. The van der Waals surface area contributed by atoms with Crippen LogP contribution in [0.3, 0.4) is 0 Å². The Morgan fingerprint density at radius 3 is 2.71 bits per heavy atom.